The molecule has 3 rings (SSSR count). The van der Waals surface area contributed by atoms with Gasteiger partial charge < -0.3 is 0 Å². The van der Waals surface area contributed by atoms with Crippen LogP contribution in [0.15, 0.2) is 33.3 Å². The quantitative estimate of drug-likeness (QED) is 0.402. The average molecular weight is 227 g/mol. The molecule has 1 aliphatic carbocycles. The first-order chi connectivity index (χ1) is 8.31. The second-order valence-electron chi connectivity index (χ2n) is 4.63. The van der Waals surface area contributed by atoms with E-state index < -0.39 is 0 Å². The Morgan fingerprint density at radius 1 is 1.12 bits per heavy atom. The second-order valence-corrected chi connectivity index (χ2v) is 4.63. The van der Waals surface area contributed by atoms with Gasteiger partial charge in [-0.25, -0.2) is 0 Å². The van der Waals surface area contributed by atoms with E-state index in [0.717, 1.165) is 23.6 Å². The fourth-order valence-electron chi connectivity index (χ4n) is 2.62. The van der Waals surface area contributed by atoms with Gasteiger partial charge in [-0.1, -0.05) is 17.6 Å². The largest absolute Gasteiger partial charge is 0.253 e. The summed E-state index contributed by atoms with van der Waals surface area (Å²) in [7, 11) is 0. The zero-order valence-electron chi connectivity index (χ0n) is 9.50. The first-order valence-electron chi connectivity index (χ1n) is 5.96. The molecule has 0 atom stereocenters. The highest BCUT2D eigenvalue weighted by Crippen LogP contribution is 2.33. The molecule has 0 amide bonds. The minimum Gasteiger partial charge on any atom is -0.253 e. The van der Waals surface area contributed by atoms with E-state index in [-0.39, 0.29) is 5.66 Å². The van der Waals surface area contributed by atoms with E-state index >= 15 is 0 Å². The number of azide groups is 1. The van der Waals surface area contributed by atoms with E-state index in [1.165, 1.54) is 19.3 Å². The van der Waals surface area contributed by atoms with Crippen molar-refractivity contribution in [3.63, 3.8) is 0 Å². The Morgan fingerprint density at radius 3 is 2.65 bits per heavy atom. The van der Waals surface area contributed by atoms with Crippen molar-refractivity contribution >= 4 is 5.69 Å². The van der Waals surface area contributed by atoms with Crippen molar-refractivity contribution in [2.45, 2.75) is 37.8 Å². The lowest BCUT2D eigenvalue weighted by Crippen LogP contribution is -2.25. The van der Waals surface area contributed by atoms with Crippen molar-refractivity contribution in [1.29, 1.82) is 0 Å². The van der Waals surface area contributed by atoms with Gasteiger partial charge in [-0.05, 0) is 43.3 Å². The average Bonchev–Trinajstić information content (AvgIpc) is 2.67. The van der Waals surface area contributed by atoms with Gasteiger partial charge in [0.2, 0.25) is 0 Å². The molecule has 1 saturated carbocycles. The van der Waals surface area contributed by atoms with Gasteiger partial charge in [0.15, 0.2) is 5.66 Å². The minimum absolute atomic E-state index is 0.213. The molecule has 1 aromatic rings. The molecule has 0 saturated heterocycles. The van der Waals surface area contributed by atoms with Crippen LogP contribution < -0.4 is 10.7 Å². The number of hydrogen-bond acceptors (Lipinski definition) is 3. The highest BCUT2D eigenvalue weighted by atomic mass is 15.1. The van der Waals surface area contributed by atoms with Gasteiger partial charge in [0.1, 0.15) is 0 Å². The predicted octanol–water partition coefficient (Wildman–Crippen LogP) is 2.54. The lowest BCUT2D eigenvalue weighted by atomic mass is 9.90. The molecule has 0 unspecified atom stereocenters. The first-order valence-corrected chi connectivity index (χ1v) is 5.96. The van der Waals surface area contributed by atoms with Crippen molar-refractivity contribution in [3.8, 4) is 0 Å². The van der Waals surface area contributed by atoms with E-state index in [1.807, 2.05) is 12.1 Å². The Hall–Kier alpha value is -1.87. The molecule has 17 heavy (non-hydrogen) atoms. The Kier molecular flexibility index (Phi) is 2.34. The second kappa shape index (κ2) is 3.86. The molecule has 0 radical (unpaired) electrons. The van der Waals surface area contributed by atoms with Crippen LogP contribution in [0.4, 0.5) is 5.69 Å². The number of benzene rings is 1. The molecule has 1 aromatic carbocycles. The third kappa shape index (κ3) is 1.78. The highest BCUT2D eigenvalue weighted by Gasteiger charge is 2.32. The number of rotatable bonds is 1. The molecule has 1 spiro atoms. The van der Waals surface area contributed by atoms with Crippen LogP contribution in [0.2, 0.25) is 0 Å². The van der Waals surface area contributed by atoms with Gasteiger partial charge in [-0.3, -0.25) is 9.98 Å². The zero-order chi connectivity index (χ0) is 11.7. The summed E-state index contributed by atoms with van der Waals surface area (Å²) in [4.78, 5) is 12.3. The molecule has 0 bridgehead atoms. The van der Waals surface area contributed by atoms with Crippen LogP contribution in [-0.4, -0.2) is 5.66 Å². The van der Waals surface area contributed by atoms with Crippen molar-refractivity contribution in [1.82, 2.24) is 0 Å². The predicted molar refractivity (Wildman–Crippen MR) is 63.4 cm³/mol. The molecule has 0 N–H and O–H groups in total. The monoisotopic (exact) mass is 227 g/mol. The summed E-state index contributed by atoms with van der Waals surface area (Å²) in [5, 5.41) is 5.40. The van der Waals surface area contributed by atoms with Crippen LogP contribution in [-0.2, 0) is 0 Å². The van der Waals surface area contributed by atoms with E-state index in [2.05, 4.69) is 10.0 Å². The highest BCUT2D eigenvalue weighted by molar-refractivity contribution is 5.35. The molecule has 0 aromatic heterocycles. The maximum atomic E-state index is 8.41. The summed E-state index contributed by atoms with van der Waals surface area (Å²) in [5.41, 5.74) is 8.81. The summed E-state index contributed by atoms with van der Waals surface area (Å²) >= 11 is 0. The van der Waals surface area contributed by atoms with Crippen molar-refractivity contribution in [2.75, 3.05) is 0 Å². The fraction of sp³-hybridized carbons (Fsp3) is 0.500. The van der Waals surface area contributed by atoms with Crippen LogP contribution >= 0.6 is 0 Å². The standard InChI is InChI=1S/C12H13N5/c13-17-16-9-4-5-10-11(8-9)15-12(14-10)6-2-1-3-7-12/h4-5,8H,1-3,6-7H2. The molecular weight excluding hydrogens is 214 g/mol. The Balaban J connectivity index is 2.08. The third-order valence-electron chi connectivity index (χ3n) is 3.43. The summed E-state index contributed by atoms with van der Waals surface area (Å²) < 4.78 is 0. The van der Waals surface area contributed by atoms with Crippen LogP contribution in [0.1, 0.15) is 32.1 Å². The normalized spacial score (nSPS) is 20.0. The van der Waals surface area contributed by atoms with E-state index in [4.69, 9.17) is 15.5 Å². The third-order valence-corrected chi connectivity index (χ3v) is 3.43. The smallest absolute Gasteiger partial charge is 0.151 e. The maximum Gasteiger partial charge on any atom is 0.151 e. The zero-order valence-corrected chi connectivity index (χ0v) is 9.50. The van der Waals surface area contributed by atoms with Crippen LogP contribution in [0, 0.1) is 0 Å². The molecule has 1 fully saturated rings. The van der Waals surface area contributed by atoms with Crippen LogP contribution in [0.25, 0.3) is 10.4 Å². The lowest BCUT2D eigenvalue weighted by molar-refractivity contribution is 0.309. The molecule has 2 aliphatic rings. The molecule has 86 valence electrons. The van der Waals surface area contributed by atoms with Gasteiger partial charge >= 0.3 is 0 Å². The van der Waals surface area contributed by atoms with Gasteiger partial charge in [-0.15, -0.1) is 0 Å². The van der Waals surface area contributed by atoms with Crippen molar-refractivity contribution < 1.29 is 0 Å². The summed E-state index contributed by atoms with van der Waals surface area (Å²) in [6, 6.07) is 5.51. The number of hydrogen-bond donors (Lipinski definition) is 0. The molecule has 1 aliphatic heterocycles. The Bertz CT molecular complexity index is 606. The van der Waals surface area contributed by atoms with Crippen molar-refractivity contribution in [2.24, 2.45) is 15.1 Å². The van der Waals surface area contributed by atoms with Crippen molar-refractivity contribution in [3.05, 3.63) is 39.4 Å². The molecule has 5 nitrogen and oxygen atoms in total. The van der Waals surface area contributed by atoms with Crippen LogP contribution in [0.5, 0.6) is 0 Å². The SMILES string of the molecule is [N-]=[N+]=Nc1ccc2c(c1)=NC1(CCCCC1)N=2. The maximum absolute atomic E-state index is 8.41. The number of nitrogens with zero attached hydrogens (tertiary/aromatic N) is 5. The van der Waals surface area contributed by atoms with E-state index in [1.54, 1.807) is 6.07 Å². The number of fused-ring (bicyclic) bond motifs is 1. The summed E-state index contributed by atoms with van der Waals surface area (Å²) in [6.07, 6.45) is 5.76. The fourth-order valence-corrected chi connectivity index (χ4v) is 2.62. The lowest BCUT2D eigenvalue weighted by Gasteiger charge is -2.27. The minimum atomic E-state index is -0.213. The van der Waals surface area contributed by atoms with Crippen LogP contribution in [0.3, 0.4) is 0 Å². The van der Waals surface area contributed by atoms with E-state index in [9.17, 15) is 0 Å². The summed E-state index contributed by atoms with van der Waals surface area (Å²) in [6.45, 7) is 0. The molecule has 1 heterocycles. The first kappa shape index (κ1) is 10.3. The topological polar surface area (TPSA) is 73.5 Å². The Morgan fingerprint density at radius 2 is 1.88 bits per heavy atom. The molecule has 5 heteroatoms. The van der Waals surface area contributed by atoms with Gasteiger partial charge in [-0.2, -0.15) is 0 Å². The van der Waals surface area contributed by atoms with E-state index in [0.29, 0.717) is 5.69 Å². The van der Waals surface area contributed by atoms with Gasteiger partial charge in [0.25, 0.3) is 0 Å². The summed E-state index contributed by atoms with van der Waals surface area (Å²) in [5.74, 6) is 0. The Labute approximate surface area is 98.5 Å². The van der Waals surface area contributed by atoms with Gasteiger partial charge in [0.05, 0.1) is 10.7 Å². The van der Waals surface area contributed by atoms with Gasteiger partial charge in [0, 0.05) is 10.6 Å². The molecular formula is C12H13N5.